The van der Waals surface area contributed by atoms with Gasteiger partial charge >= 0.3 is 6.03 Å². The van der Waals surface area contributed by atoms with Crippen molar-refractivity contribution in [2.45, 2.75) is 38.8 Å². The second kappa shape index (κ2) is 9.04. The van der Waals surface area contributed by atoms with Crippen LogP contribution < -0.4 is 15.1 Å². The SMILES string of the molecule is CCC(=O)N1c2ccccc2[C@H](N(C(=O)Nc2ccccc2)c2ccccc2)C[C@@H]1C. The Balaban J connectivity index is 1.77. The number of carbonyl (C=O) groups is 2. The summed E-state index contributed by atoms with van der Waals surface area (Å²) in [6.07, 6.45) is 1.10. The number of amides is 3. The van der Waals surface area contributed by atoms with Crippen LogP contribution in [0.25, 0.3) is 0 Å². The molecule has 1 N–H and O–H groups in total. The number of urea groups is 1. The minimum atomic E-state index is -0.196. The molecule has 1 aliphatic heterocycles. The fourth-order valence-electron chi connectivity index (χ4n) is 4.31. The second-order valence-electron chi connectivity index (χ2n) is 7.78. The third kappa shape index (κ3) is 4.17. The fraction of sp³-hybridized carbons (Fsp3) is 0.231. The van der Waals surface area contributed by atoms with Crippen molar-refractivity contribution >= 4 is 29.0 Å². The molecular formula is C26H27N3O2. The van der Waals surface area contributed by atoms with Gasteiger partial charge in [-0.2, -0.15) is 0 Å². The van der Waals surface area contributed by atoms with Crippen molar-refractivity contribution in [3.8, 4) is 0 Å². The molecule has 0 bridgehead atoms. The highest BCUT2D eigenvalue weighted by Gasteiger charge is 2.38. The first kappa shape index (κ1) is 20.7. The molecule has 0 aromatic heterocycles. The molecule has 158 valence electrons. The van der Waals surface area contributed by atoms with E-state index in [0.717, 1.165) is 22.6 Å². The number of nitrogens with zero attached hydrogens (tertiary/aromatic N) is 2. The van der Waals surface area contributed by atoms with E-state index < -0.39 is 0 Å². The lowest BCUT2D eigenvalue weighted by molar-refractivity contribution is -0.118. The normalized spacial score (nSPS) is 17.5. The number of hydrogen-bond donors (Lipinski definition) is 1. The van der Waals surface area contributed by atoms with Crippen LogP contribution in [0.5, 0.6) is 0 Å². The van der Waals surface area contributed by atoms with E-state index in [0.29, 0.717) is 12.8 Å². The third-order valence-electron chi connectivity index (χ3n) is 5.72. The van der Waals surface area contributed by atoms with Gasteiger partial charge in [0.1, 0.15) is 0 Å². The number of para-hydroxylation sites is 3. The van der Waals surface area contributed by atoms with Crippen LogP contribution in [0.1, 0.15) is 38.3 Å². The Morgan fingerprint density at radius 1 is 0.935 bits per heavy atom. The van der Waals surface area contributed by atoms with Crippen LogP contribution in [-0.2, 0) is 4.79 Å². The number of nitrogens with one attached hydrogen (secondary N) is 1. The van der Waals surface area contributed by atoms with Crippen molar-refractivity contribution in [3.63, 3.8) is 0 Å². The van der Waals surface area contributed by atoms with Crippen LogP contribution in [0, 0.1) is 0 Å². The minimum Gasteiger partial charge on any atom is -0.309 e. The third-order valence-corrected chi connectivity index (χ3v) is 5.72. The predicted octanol–water partition coefficient (Wildman–Crippen LogP) is 6.00. The minimum absolute atomic E-state index is 0.0249. The first-order valence-corrected chi connectivity index (χ1v) is 10.7. The van der Waals surface area contributed by atoms with Gasteiger partial charge in [-0.25, -0.2) is 4.79 Å². The highest BCUT2D eigenvalue weighted by molar-refractivity contribution is 6.03. The summed E-state index contributed by atoms with van der Waals surface area (Å²) >= 11 is 0. The first-order chi connectivity index (χ1) is 15.1. The van der Waals surface area contributed by atoms with Crippen LogP contribution in [0.2, 0.25) is 0 Å². The van der Waals surface area contributed by atoms with Crippen LogP contribution in [0.4, 0.5) is 21.9 Å². The van der Waals surface area contributed by atoms with Gasteiger partial charge in [0.15, 0.2) is 0 Å². The lowest BCUT2D eigenvalue weighted by Gasteiger charge is -2.43. The molecule has 0 unspecified atom stereocenters. The molecule has 3 amide bonds. The van der Waals surface area contributed by atoms with Gasteiger partial charge in [-0.15, -0.1) is 0 Å². The summed E-state index contributed by atoms with van der Waals surface area (Å²) in [4.78, 5) is 29.9. The molecule has 4 rings (SSSR count). The van der Waals surface area contributed by atoms with E-state index in [2.05, 4.69) is 12.2 Å². The average Bonchev–Trinajstić information content (AvgIpc) is 2.80. The van der Waals surface area contributed by atoms with Crippen LogP contribution >= 0.6 is 0 Å². The highest BCUT2D eigenvalue weighted by atomic mass is 16.2. The Morgan fingerprint density at radius 3 is 2.23 bits per heavy atom. The van der Waals surface area contributed by atoms with Crippen LogP contribution in [-0.4, -0.2) is 18.0 Å². The van der Waals surface area contributed by atoms with Gasteiger partial charge < -0.3 is 10.2 Å². The molecule has 5 heteroatoms. The van der Waals surface area contributed by atoms with Crippen molar-refractivity contribution in [2.24, 2.45) is 0 Å². The van der Waals surface area contributed by atoms with E-state index in [9.17, 15) is 9.59 Å². The number of fused-ring (bicyclic) bond motifs is 1. The Kier molecular flexibility index (Phi) is 6.03. The van der Waals surface area contributed by atoms with E-state index in [-0.39, 0.29) is 24.0 Å². The summed E-state index contributed by atoms with van der Waals surface area (Å²) in [7, 11) is 0. The molecule has 1 aliphatic rings. The summed E-state index contributed by atoms with van der Waals surface area (Å²) in [5, 5.41) is 3.04. The number of anilines is 3. The second-order valence-corrected chi connectivity index (χ2v) is 7.78. The Labute approximate surface area is 183 Å². The van der Waals surface area contributed by atoms with E-state index in [1.165, 1.54) is 0 Å². The molecular weight excluding hydrogens is 386 g/mol. The number of benzene rings is 3. The van der Waals surface area contributed by atoms with Crippen molar-refractivity contribution in [2.75, 3.05) is 15.1 Å². The molecule has 1 heterocycles. The zero-order valence-corrected chi connectivity index (χ0v) is 17.9. The maximum Gasteiger partial charge on any atom is 0.326 e. The largest absolute Gasteiger partial charge is 0.326 e. The number of rotatable bonds is 4. The van der Waals surface area contributed by atoms with Gasteiger partial charge in [0.25, 0.3) is 0 Å². The lowest BCUT2D eigenvalue weighted by Crippen LogP contribution is -2.48. The van der Waals surface area contributed by atoms with Gasteiger partial charge in [0.2, 0.25) is 5.91 Å². The zero-order chi connectivity index (χ0) is 21.8. The fourth-order valence-corrected chi connectivity index (χ4v) is 4.31. The van der Waals surface area contributed by atoms with E-state index >= 15 is 0 Å². The van der Waals surface area contributed by atoms with Gasteiger partial charge in [-0.05, 0) is 49.2 Å². The average molecular weight is 414 g/mol. The molecule has 2 atom stereocenters. The zero-order valence-electron chi connectivity index (χ0n) is 17.9. The lowest BCUT2D eigenvalue weighted by atomic mass is 9.90. The maximum atomic E-state index is 13.5. The molecule has 31 heavy (non-hydrogen) atoms. The molecule has 0 spiro atoms. The standard InChI is InChI=1S/C26H27N3O2/c1-3-25(30)28-19(2)18-24(22-16-10-11-17-23(22)28)29(21-14-8-5-9-15-21)26(31)27-20-12-6-4-7-13-20/h4-17,19,24H,3,18H2,1-2H3,(H,27,31)/t19-,24+/m0/s1. The summed E-state index contributed by atoms with van der Waals surface area (Å²) in [6, 6.07) is 26.7. The van der Waals surface area contributed by atoms with Gasteiger partial charge in [-0.1, -0.05) is 61.5 Å². The topological polar surface area (TPSA) is 52.7 Å². The molecule has 0 saturated heterocycles. The van der Waals surface area contributed by atoms with Crippen molar-refractivity contribution < 1.29 is 9.59 Å². The smallest absolute Gasteiger partial charge is 0.309 e. The van der Waals surface area contributed by atoms with Crippen LogP contribution in [0.15, 0.2) is 84.9 Å². The molecule has 5 nitrogen and oxygen atoms in total. The Bertz CT molecular complexity index is 1050. The van der Waals surface area contributed by atoms with E-state index in [1.807, 2.05) is 102 Å². The summed E-state index contributed by atoms with van der Waals surface area (Å²) in [5.74, 6) is 0.0957. The quantitative estimate of drug-likeness (QED) is 0.570. The Hall–Kier alpha value is -3.60. The van der Waals surface area contributed by atoms with Gasteiger partial charge in [0.05, 0.1) is 6.04 Å². The highest BCUT2D eigenvalue weighted by Crippen LogP contribution is 2.42. The molecule has 0 saturated carbocycles. The predicted molar refractivity (Wildman–Crippen MR) is 125 cm³/mol. The van der Waals surface area contributed by atoms with E-state index in [4.69, 9.17) is 0 Å². The van der Waals surface area contributed by atoms with Gasteiger partial charge in [-0.3, -0.25) is 9.69 Å². The maximum absolute atomic E-state index is 13.5. The van der Waals surface area contributed by atoms with E-state index in [1.54, 1.807) is 0 Å². The Morgan fingerprint density at radius 2 is 1.55 bits per heavy atom. The first-order valence-electron chi connectivity index (χ1n) is 10.7. The molecule has 3 aromatic carbocycles. The molecule has 0 radical (unpaired) electrons. The summed E-state index contributed by atoms with van der Waals surface area (Å²) < 4.78 is 0. The molecule has 0 fully saturated rings. The monoisotopic (exact) mass is 413 g/mol. The summed E-state index contributed by atoms with van der Waals surface area (Å²) in [5.41, 5.74) is 3.42. The number of hydrogen-bond acceptors (Lipinski definition) is 2. The van der Waals surface area contributed by atoms with Crippen LogP contribution in [0.3, 0.4) is 0 Å². The van der Waals surface area contributed by atoms with Crippen molar-refractivity contribution in [1.29, 1.82) is 0 Å². The van der Waals surface area contributed by atoms with Crippen molar-refractivity contribution in [3.05, 3.63) is 90.5 Å². The number of carbonyl (C=O) groups excluding carboxylic acids is 2. The van der Waals surface area contributed by atoms with Crippen molar-refractivity contribution in [1.82, 2.24) is 0 Å². The van der Waals surface area contributed by atoms with Gasteiger partial charge in [0, 0.05) is 29.5 Å². The molecule has 0 aliphatic carbocycles. The molecule has 3 aromatic rings. The summed E-state index contributed by atoms with van der Waals surface area (Å²) in [6.45, 7) is 3.93.